The van der Waals surface area contributed by atoms with Crippen LogP contribution in [0.2, 0.25) is 0 Å². The summed E-state index contributed by atoms with van der Waals surface area (Å²) in [6.45, 7) is 8.93. The summed E-state index contributed by atoms with van der Waals surface area (Å²) in [5.41, 5.74) is 1.50. The van der Waals surface area contributed by atoms with Crippen molar-refractivity contribution < 1.29 is 19.1 Å². The first-order valence-electron chi connectivity index (χ1n) is 10.5. The van der Waals surface area contributed by atoms with Crippen LogP contribution in [-0.4, -0.2) is 35.9 Å². The van der Waals surface area contributed by atoms with Gasteiger partial charge in [0.1, 0.15) is 12.3 Å². The number of hydrogen-bond acceptors (Lipinski definition) is 4. The third-order valence-corrected chi connectivity index (χ3v) is 5.00. The second kappa shape index (κ2) is 8.79. The number of anilines is 2. The van der Waals surface area contributed by atoms with Gasteiger partial charge in [-0.25, -0.2) is 0 Å². The summed E-state index contributed by atoms with van der Waals surface area (Å²) < 4.78 is 5.85. The van der Waals surface area contributed by atoms with E-state index in [1.165, 1.54) is 10.5 Å². The highest BCUT2D eigenvalue weighted by Gasteiger charge is 2.41. The molecule has 0 unspecified atom stereocenters. The number of benzene rings is 2. The van der Waals surface area contributed by atoms with Crippen LogP contribution in [0.1, 0.15) is 50.5 Å². The van der Waals surface area contributed by atoms with Crippen molar-refractivity contribution in [1.29, 1.82) is 0 Å². The maximum absolute atomic E-state index is 13.1. The molecule has 164 valence electrons. The van der Waals surface area contributed by atoms with Gasteiger partial charge in [-0.1, -0.05) is 19.1 Å². The van der Waals surface area contributed by atoms with Crippen LogP contribution in [0, 0.1) is 0 Å². The lowest BCUT2D eigenvalue weighted by atomic mass is 10.0. The summed E-state index contributed by atoms with van der Waals surface area (Å²) in [4.78, 5) is 39.6. The number of fused-ring (bicyclic) bond motifs is 1. The van der Waals surface area contributed by atoms with Gasteiger partial charge in [0.15, 0.2) is 5.60 Å². The van der Waals surface area contributed by atoms with Crippen LogP contribution in [-0.2, 0) is 16.0 Å². The Bertz CT molecular complexity index is 996. The lowest BCUT2D eigenvalue weighted by Crippen LogP contribution is -2.54. The van der Waals surface area contributed by atoms with E-state index in [2.05, 4.69) is 17.6 Å². The fourth-order valence-corrected chi connectivity index (χ4v) is 3.38. The average molecular weight is 424 g/mol. The average Bonchev–Trinajstić information content (AvgIpc) is 2.71. The Kier molecular flexibility index (Phi) is 6.34. The fourth-order valence-electron chi connectivity index (χ4n) is 3.38. The molecule has 7 heteroatoms. The minimum atomic E-state index is -1.13. The molecule has 0 atom stereocenters. The normalized spacial score (nSPS) is 14.6. The highest BCUT2D eigenvalue weighted by atomic mass is 16.5. The number of nitrogens with one attached hydrogen (secondary N) is 2. The van der Waals surface area contributed by atoms with Crippen LogP contribution >= 0.6 is 0 Å². The Morgan fingerprint density at radius 2 is 1.77 bits per heavy atom. The first-order valence-corrected chi connectivity index (χ1v) is 10.5. The Balaban J connectivity index is 1.86. The minimum absolute atomic E-state index is 0.0266. The van der Waals surface area contributed by atoms with Crippen molar-refractivity contribution in [2.24, 2.45) is 0 Å². The van der Waals surface area contributed by atoms with E-state index in [1.54, 1.807) is 32.0 Å². The van der Waals surface area contributed by atoms with Gasteiger partial charge >= 0.3 is 0 Å². The molecule has 2 aromatic rings. The third kappa shape index (κ3) is 5.05. The molecule has 0 fully saturated rings. The third-order valence-electron chi connectivity index (χ3n) is 5.00. The van der Waals surface area contributed by atoms with Crippen molar-refractivity contribution in [2.75, 3.05) is 16.8 Å². The summed E-state index contributed by atoms with van der Waals surface area (Å²) in [7, 11) is 0. The van der Waals surface area contributed by atoms with Crippen LogP contribution in [0.5, 0.6) is 5.75 Å². The van der Waals surface area contributed by atoms with E-state index < -0.39 is 5.60 Å². The van der Waals surface area contributed by atoms with E-state index >= 15 is 0 Å². The van der Waals surface area contributed by atoms with Crippen molar-refractivity contribution >= 4 is 29.1 Å². The number of rotatable bonds is 6. The van der Waals surface area contributed by atoms with E-state index in [9.17, 15) is 14.4 Å². The maximum atomic E-state index is 13.1. The Hall–Kier alpha value is -3.35. The van der Waals surface area contributed by atoms with Gasteiger partial charge in [-0.15, -0.1) is 0 Å². The minimum Gasteiger partial charge on any atom is -0.476 e. The summed E-state index contributed by atoms with van der Waals surface area (Å²) in [5.74, 6) is -0.488. The lowest BCUT2D eigenvalue weighted by molar-refractivity contribution is -0.133. The van der Waals surface area contributed by atoms with Crippen molar-refractivity contribution in [2.45, 2.75) is 52.7 Å². The molecule has 0 aliphatic carbocycles. The summed E-state index contributed by atoms with van der Waals surface area (Å²) in [5, 5.41) is 5.66. The molecule has 7 nitrogen and oxygen atoms in total. The molecule has 1 aliphatic rings. The van der Waals surface area contributed by atoms with Gasteiger partial charge in [0, 0.05) is 17.3 Å². The first kappa shape index (κ1) is 22.3. The van der Waals surface area contributed by atoms with Gasteiger partial charge in [-0.3, -0.25) is 19.3 Å². The van der Waals surface area contributed by atoms with E-state index in [1.807, 2.05) is 38.1 Å². The van der Waals surface area contributed by atoms with Crippen LogP contribution < -0.4 is 20.3 Å². The summed E-state index contributed by atoms with van der Waals surface area (Å²) in [6.07, 6.45) is 0.912. The Morgan fingerprint density at radius 3 is 2.39 bits per heavy atom. The Morgan fingerprint density at radius 1 is 1.10 bits per heavy atom. The number of hydrogen-bond donors (Lipinski definition) is 2. The molecule has 0 aromatic heterocycles. The molecular weight excluding hydrogens is 394 g/mol. The van der Waals surface area contributed by atoms with E-state index in [4.69, 9.17) is 4.74 Å². The predicted molar refractivity (Wildman–Crippen MR) is 121 cm³/mol. The van der Waals surface area contributed by atoms with Gasteiger partial charge in [0.25, 0.3) is 11.8 Å². The van der Waals surface area contributed by atoms with Crippen LogP contribution in [0.15, 0.2) is 42.5 Å². The van der Waals surface area contributed by atoms with Crippen molar-refractivity contribution in [1.82, 2.24) is 5.32 Å². The van der Waals surface area contributed by atoms with Crippen molar-refractivity contribution in [3.05, 3.63) is 53.6 Å². The lowest BCUT2D eigenvalue weighted by Gasteiger charge is -2.38. The van der Waals surface area contributed by atoms with Crippen LogP contribution in [0.25, 0.3) is 0 Å². The molecule has 1 heterocycles. The highest BCUT2D eigenvalue weighted by Crippen LogP contribution is 2.38. The molecule has 3 amide bonds. The number of amides is 3. The highest BCUT2D eigenvalue weighted by molar-refractivity contribution is 6.08. The monoisotopic (exact) mass is 423 g/mol. The molecule has 31 heavy (non-hydrogen) atoms. The van der Waals surface area contributed by atoms with E-state index in [-0.39, 0.29) is 30.3 Å². The van der Waals surface area contributed by atoms with Gasteiger partial charge in [0.2, 0.25) is 5.91 Å². The van der Waals surface area contributed by atoms with Crippen LogP contribution in [0.4, 0.5) is 11.4 Å². The number of ether oxygens (including phenoxy) is 1. The van der Waals surface area contributed by atoms with Gasteiger partial charge < -0.3 is 15.4 Å². The zero-order chi connectivity index (χ0) is 22.8. The summed E-state index contributed by atoms with van der Waals surface area (Å²) in [6, 6.07) is 12.4. The molecule has 2 aromatic carbocycles. The second-order valence-corrected chi connectivity index (χ2v) is 8.41. The second-order valence-electron chi connectivity index (χ2n) is 8.41. The largest absolute Gasteiger partial charge is 0.476 e. The quantitative estimate of drug-likeness (QED) is 0.744. The number of nitrogens with zero attached hydrogens (tertiary/aromatic N) is 1. The van der Waals surface area contributed by atoms with E-state index in [0.717, 1.165) is 6.42 Å². The molecule has 0 saturated carbocycles. The number of carbonyl (C=O) groups excluding carboxylic acids is 3. The first-order chi connectivity index (χ1) is 14.6. The van der Waals surface area contributed by atoms with Crippen molar-refractivity contribution in [3.63, 3.8) is 0 Å². The number of carbonyl (C=O) groups is 3. The summed E-state index contributed by atoms with van der Waals surface area (Å²) >= 11 is 0. The Labute approximate surface area is 182 Å². The van der Waals surface area contributed by atoms with Crippen molar-refractivity contribution in [3.8, 4) is 5.75 Å². The van der Waals surface area contributed by atoms with Crippen LogP contribution in [0.3, 0.4) is 0 Å². The number of aryl methyl sites for hydroxylation is 1. The molecule has 0 bridgehead atoms. The molecule has 0 saturated heterocycles. The van der Waals surface area contributed by atoms with Gasteiger partial charge in [-0.2, -0.15) is 0 Å². The SMILES string of the molecule is CCc1ccc(NC(=O)CN2C(=O)C(C)(C)Oc3ccc(C(=O)NC(C)C)cc32)cc1. The molecule has 1 aliphatic heterocycles. The van der Waals surface area contributed by atoms with E-state index in [0.29, 0.717) is 22.7 Å². The standard InChI is InChI=1S/C24H29N3O4/c1-6-16-7-10-18(11-8-16)26-21(28)14-27-19-13-17(22(29)25-15(2)3)9-12-20(19)31-24(4,5)23(27)30/h7-13,15H,6,14H2,1-5H3,(H,25,29)(H,26,28). The molecule has 2 N–H and O–H groups in total. The smallest absolute Gasteiger partial charge is 0.271 e. The zero-order valence-electron chi connectivity index (χ0n) is 18.6. The fraction of sp³-hybridized carbons (Fsp3) is 0.375. The van der Waals surface area contributed by atoms with Gasteiger partial charge in [-0.05, 0) is 70.0 Å². The van der Waals surface area contributed by atoms with Gasteiger partial charge in [0.05, 0.1) is 5.69 Å². The maximum Gasteiger partial charge on any atom is 0.271 e. The zero-order valence-corrected chi connectivity index (χ0v) is 18.6. The molecule has 0 radical (unpaired) electrons. The topological polar surface area (TPSA) is 87.7 Å². The molecule has 3 rings (SSSR count). The molecule has 0 spiro atoms. The predicted octanol–water partition coefficient (Wildman–Crippen LogP) is 3.53. The molecular formula is C24H29N3O4.